The van der Waals surface area contributed by atoms with E-state index in [9.17, 15) is 9.59 Å². The van der Waals surface area contributed by atoms with Gasteiger partial charge in [-0.3, -0.25) is 0 Å². The largest absolute Gasteiger partial charge is 0.524 e. The molecule has 10 heavy (non-hydrogen) atoms. The van der Waals surface area contributed by atoms with Crippen molar-refractivity contribution in [2.45, 2.75) is 0 Å². The molecule has 6 heteroatoms. The lowest BCUT2D eigenvalue weighted by Crippen LogP contribution is -2.30. The van der Waals surface area contributed by atoms with E-state index in [4.69, 9.17) is 0 Å². The summed E-state index contributed by atoms with van der Waals surface area (Å²) in [4.78, 5) is 19.9. The number of rotatable bonds is 0. The van der Waals surface area contributed by atoms with E-state index in [0.717, 1.165) is 0 Å². The van der Waals surface area contributed by atoms with Gasteiger partial charge in [0, 0.05) is 0 Å². The highest BCUT2D eigenvalue weighted by Gasteiger charge is 2.39. The van der Waals surface area contributed by atoms with Crippen molar-refractivity contribution in [3.05, 3.63) is 11.9 Å². The van der Waals surface area contributed by atoms with E-state index in [1.807, 2.05) is 0 Å². The van der Waals surface area contributed by atoms with Gasteiger partial charge in [0.2, 0.25) is 0 Å². The Morgan fingerprint density at radius 1 is 0.700 bits per heavy atom. The van der Waals surface area contributed by atoms with Crippen LogP contribution in [0.1, 0.15) is 0 Å². The highest BCUT2D eigenvalue weighted by atomic mass is 16.9. The molecule has 0 unspecified atom stereocenters. The number of cyclic esters (lactones) is 4. The Kier molecular flexibility index (Phi) is 0.717. The molecule has 0 amide bonds. The summed E-state index contributed by atoms with van der Waals surface area (Å²) in [5.41, 5.74) is 0. The van der Waals surface area contributed by atoms with E-state index in [1.54, 1.807) is 0 Å². The van der Waals surface area contributed by atoms with Gasteiger partial charge in [-0.2, -0.15) is 0 Å². The van der Waals surface area contributed by atoms with E-state index in [-0.39, 0.29) is 11.9 Å². The second-order valence-electron chi connectivity index (χ2n) is 1.48. The molecule has 0 aromatic carbocycles. The van der Waals surface area contributed by atoms with Crippen LogP contribution in [0.2, 0.25) is 0 Å². The van der Waals surface area contributed by atoms with Gasteiger partial charge in [0.25, 0.3) is 0 Å². The van der Waals surface area contributed by atoms with Gasteiger partial charge in [-0.05, 0) is 0 Å². The van der Waals surface area contributed by atoms with Crippen LogP contribution < -0.4 is 0 Å². The lowest BCUT2D eigenvalue weighted by molar-refractivity contribution is -0.0948. The zero-order valence-electron chi connectivity index (χ0n) is 4.45. The average Bonchev–Trinajstić information content (AvgIpc) is 1.74. The van der Waals surface area contributed by atoms with Crippen molar-refractivity contribution >= 4 is 12.3 Å². The zero-order valence-corrected chi connectivity index (χ0v) is 4.45. The average molecular weight is 144 g/mol. The number of hydrogen-bond donors (Lipinski definition) is 0. The molecule has 2 saturated heterocycles. The quantitative estimate of drug-likeness (QED) is 0.459. The number of carbonyl (C=O) groups is 2. The third-order valence-corrected chi connectivity index (χ3v) is 0.871. The van der Waals surface area contributed by atoms with E-state index < -0.39 is 12.3 Å². The van der Waals surface area contributed by atoms with Crippen molar-refractivity contribution in [2.75, 3.05) is 0 Å². The Balaban J connectivity index is 2.05. The molecule has 0 spiro atoms. The zero-order chi connectivity index (χ0) is 7.14. The maximum absolute atomic E-state index is 9.96. The summed E-state index contributed by atoms with van der Waals surface area (Å²) in [6.45, 7) is 0. The lowest BCUT2D eigenvalue weighted by Gasteiger charge is -2.21. The first-order valence-corrected chi connectivity index (χ1v) is 2.29. The third kappa shape index (κ3) is 0.524. The Hall–Kier alpha value is -1.72. The normalized spacial score (nSPS) is 21.2. The molecule has 2 heterocycles. The maximum Gasteiger partial charge on any atom is 0.524 e. The Morgan fingerprint density at radius 2 is 1.00 bits per heavy atom. The summed E-state index contributed by atoms with van der Waals surface area (Å²) in [6, 6.07) is 0. The van der Waals surface area contributed by atoms with Crippen LogP contribution in [0.4, 0.5) is 9.59 Å². The predicted molar refractivity (Wildman–Crippen MR) is 22.2 cm³/mol. The molecule has 2 fully saturated rings. The van der Waals surface area contributed by atoms with Crippen LogP contribution in [0.3, 0.4) is 0 Å². The third-order valence-electron chi connectivity index (χ3n) is 0.871. The fourth-order valence-electron chi connectivity index (χ4n) is 0.485. The molecule has 6 nitrogen and oxygen atoms in total. The molecule has 2 rings (SSSR count). The minimum atomic E-state index is -0.839. The van der Waals surface area contributed by atoms with Gasteiger partial charge < -0.3 is 18.9 Å². The topological polar surface area (TPSA) is 71.1 Å². The monoisotopic (exact) mass is 144 g/mol. The molecule has 0 saturated carbocycles. The van der Waals surface area contributed by atoms with Crippen LogP contribution >= 0.6 is 0 Å². The van der Waals surface area contributed by atoms with Gasteiger partial charge in [0.05, 0.1) is 0 Å². The minimum Gasteiger partial charge on any atom is -0.354 e. The van der Waals surface area contributed by atoms with Gasteiger partial charge in [-0.25, -0.2) is 9.59 Å². The molecule has 0 aliphatic carbocycles. The number of ether oxygens (including phenoxy) is 4. The second-order valence-corrected chi connectivity index (χ2v) is 1.48. The SMILES string of the molecule is O=C1OC(=C2OC(=O)O2)O1. The van der Waals surface area contributed by atoms with Crippen molar-refractivity contribution in [1.82, 2.24) is 0 Å². The summed E-state index contributed by atoms with van der Waals surface area (Å²) in [5.74, 6) is -0.408. The summed E-state index contributed by atoms with van der Waals surface area (Å²) < 4.78 is 16.8. The van der Waals surface area contributed by atoms with Gasteiger partial charge in [-0.1, -0.05) is 0 Å². The molecule has 0 aromatic heterocycles. The first kappa shape index (κ1) is 5.10. The lowest BCUT2D eigenvalue weighted by atomic mass is 10.7. The molecule has 0 radical (unpaired) electrons. The van der Waals surface area contributed by atoms with Crippen molar-refractivity contribution in [1.29, 1.82) is 0 Å². The van der Waals surface area contributed by atoms with Crippen molar-refractivity contribution in [2.24, 2.45) is 0 Å². The van der Waals surface area contributed by atoms with Gasteiger partial charge >= 0.3 is 24.2 Å². The van der Waals surface area contributed by atoms with Gasteiger partial charge in [0.15, 0.2) is 0 Å². The molecule has 0 atom stereocenters. The fourth-order valence-corrected chi connectivity index (χ4v) is 0.485. The van der Waals surface area contributed by atoms with Crippen LogP contribution in [-0.2, 0) is 18.9 Å². The summed E-state index contributed by atoms with van der Waals surface area (Å²) >= 11 is 0. The smallest absolute Gasteiger partial charge is 0.354 e. The Morgan fingerprint density at radius 3 is 1.20 bits per heavy atom. The van der Waals surface area contributed by atoms with Crippen LogP contribution in [0.25, 0.3) is 0 Å². The standard InChI is InChI=1S/C4O6/c5-3-7-1(8-3)2-9-4(6)10-2. The summed E-state index contributed by atoms with van der Waals surface area (Å²) in [6.07, 6.45) is -1.68. The van der Waals surface area contributed by atoms with Crippen LogP contribution in [0, 0.1) is 0 Å². The van der Waals surface area contributed by atoms with Gasteiger partial charge in [-0.15, -0.1) is 0 Å². The molecule has 52 valence electrons. The highest BCUT2D eigenvalue weighted by Crippen LogP contribution is 2.26. The van der Waals surface area contributed by atoms with Crippen LogP contribution in [0.5, 0.6) is 0 Å². The van der Waals surface area contributed by atoms with Crippen molar-refractivity contribution in [3.8, 4) is 0 Å². The number of hydrogen-bond acceptors (Lipinski definition) is 6. The predicted octanol–water partition coefficient (Wildman–Crippen LogP) is 0.447. The fraction of sp³-hybridized carbons (Fsp3) is 0. The molecule has 2 aliphatic rings. The molecule has 2 aliphatic heterocycles. The molecule has 0 N–H and O–H groups in total. The molecule has 0 bridgehead atoms. The second kappa shape index (κ2) is 1.41. The van der Waals surface area contributed by atoms with Crippen molar-refractivity contribution in [3.63, 3.8) is 0 Å². The minimum absolute atomic E-state index is 0.204. The first-order valence-electron chi connectivity index (χ1n) is 2.29. The Labute approximate surface area is 53.9 Å². The van der Waals surface area contributed by atoms with E-state index in [1.165, 1.54) is 0 Å². The first-order chi connectivity index (χ1) is 4.75. The summed E-state index contributed by atoms with van der Waals surface area (Å²) in [7, 11) is 0. The van der Waals surface area contributed by atoms with E-state index in [0.29, 0.717) is 0 Å². The summed E-state index contributed by atoms with van der Waals surface area (Å²) in [5, 5.41) is 0. The van der Waals surface area contributed by atoms with Gasteiger partial charge in [0.1, 0.15) is 0 Å². The Bertz CT molecular complexity index is 204. The molecule has 0 aromatic rings. The van der Waals surface area contributed by atoms with E-state index >= 15 is 0 Å². The van der Waals surface area contributed by atoms with Crippen LogP contribution in [-0.4, -0.2) is 12.3 Å². The molecular weight excluding hydrogens is 144 g/mol. The molecular formula is C4O6. The highest BCUT2D eigenvalue weighted by molar-refractivity contribution is 5.71. The van der Waals surface area contributed by atoms with Crippen molar-refractivity contribution < 1.29 is 28.5 Å². The van der Waals surface area contributed by atoms with E-state index in [2.05, 4.69) is 18.9 Å². The number of carbonyl (C=O) groups excluding carboxylic acids is 2. The van der Waals surface area contributed by atoms with Crippen LogP contribution in [0.15, 0.2) is 11.9 Å². The maximum atomic E-state index is 9.96.